The monoisotopic (exact) mass is 697 g/mol. The fourth-order valence-corrected chi connectivity index (χ4v) is 7.14. The first-order chi connectivity index (χ1) is 27.2. The van der Waals surface area contributed by atoms with Gasteiger partial charge in [0.1, 0.15) is 66.1 Å². The van der Waals surface area contributed by atoms with Crippen molar-refractivity contribution >= 4 is 115 Å². The van der Waals surface area contributed by atoms with Crippen LogP contribution in [0.4, 0.5) is 0 Å². The van der Waals surface area contributed by atoms with E-state index in [0.717, 1.165) is 38.9 Å². The van der Waals surface area contributed by atoms with Gasteiger partial charge in [-0.1, -0.05) is 155 Å². The fraction of sp³-hybridized carbons (Fsp3) is 0. The molecule has 0 aliphatic carbocycles. The van der Waals surface area contributed by atoms with Crippen LogP contribution in [-0.2, 0) is 0 Å². The second-order valence-corrected chi connectivity index (χ2v) is 13.6. The zero-order valence-electron chi connectivity index (χ0n) is 30.0. The summed E-state index contributed by atoms with van der Waals surface area (Å²) < 4.78 is 6.17. The quantitative estimate of drug-likeness (QED) is 0.251. The Morgan fingerprint density at radius 2 is 0.607 bits per heavy atom. The normalized spacial score (nSPS) is 11.4. The van der Waals surface area contributed by atoms with Gasteiger partial charge in [0.25, 0.3) is 0 Å². The van der Waals surface area contributed by atoms with E-state index in [1.165, 1.54) is 0 Å². The van der Waals surface area contributed by atoms with Gasteiger partial charge in [0.05, 0.1) is 0 Å². The summed E-state index contributed by atoms with van der Waals surface area (Å²) >= 11 is 0. The molecule has 2 heterocycles. The van der Waals surface area contributed by atoms with Crippen molar-refractivity contribution in [2.24, 2.45) is 0 Å². The molecule has 0 amide bonds. The average Bonchev–Trinajstić information content (AvgIpc) is 3.67. The number of fused-ring (bicyclic) bond motifs is 3. The highest BCUT2D eigenvalue weighted by atomic mass is 16.3. The predicted molar refractivity (Wildman–Crippen MR) is 237 cm³/mol. The smallest absolute Gasteiger partial charge is 0.164 e. The fourth-order valence-electron chi connectivity index (χ4n) is 7.14. The van der Waals surface area contributed by atoms with E-state index in [9.17, 15) is 0 Å². The average molecular weight is 696 g/mol. The highest BCUT2D eigenvalue weighted by Gasteiger charge is 2.22. The predicted octanol–water partition coefficient (Wildman–Crippen LogP) is 3.33. The number of hydrogen-bond donors (Lipinski definition) is 0. The highest BCUT2D eigenvalue weighted by molar-refractivity contribution is 6.69. The van der Waals surface area contributed by atoms with Crippen molar-refractivity contribution in [2.75, 3.05) is 0 Å². The van der Waals surface area contributed by atoms with Gasteiger partial charge in [-0.15, -0.1) is 10.9 Å². The van der Waals surface area contributed by atoms with Crippen LogP contribution >= 0.6 is 0 Å². The number of hydrogen-bond acceptors (Lipinski definition) is 4. The van der Waals surface area contributed by atoms with Crippen LogP contribution in [0.3, 0.4) is 0 Å². The van der Waals surface area contributed by atoms with E-state index < -0.39 is 0 Å². The lowest BCUT2D eigenvalue weighted by Crippen LogP contribution is -2.47. The first-order valence-electron chi connectivity index (χ1n) is 17.8. The lowest BCUT2D eigenvalue weighted by Gasteiger charge is -2.17. The van der Waals surface area contributed by atoms with Gasteiger partial charge in [0.2, 0.25) is 0 Å². The molecule has 11 heteroatoms. The van der Waals surface area contributed by atoms with Gasteiger partial charge in [-0.2, -0.15) is 0 Å². The van der Waals surface area contributed by atoms with Crippen molar-refractivity contribution in [3.05, 3.63) is 133 Å². The van der Waals surface area contributed by atoms with Crippen LogP contribution in [-0.4, -0.2) is 69.9 Å². The molecule has 9 aromatic rings. The molecule has 244 valence electrons. The number of aromatic nitrogens is 3. The van der Waals surface area contributed by atoms with Crippen LogP contribution in [0.1, 0.15) is 0 Å². The number of rotatable bonds is 6. The molecule has 0 unspecified atom stereocenters. The molecule has 9 rings (SSSR count). The van der Waals surface area contributed by atoms with Crippen molar-refractivity contribution in [1.82, 2.24) is 15.0 Å². The Bertz CT molecular complexity index is 2850. The lowest BCUT2D eigenvalue weighted by atomic mass is 9.64. The van der Waals surface area contributed by atoms with Gasteiger partial charge < -0.3 is 4.42 Å². The minimum Gasteiger partial charge on any atom is -0.457 e. The van der Waals surface area contributed by atoms with Crippen LogP contribution in [0.2, 0.25) is 0 Å². The minimum atomic E-state index is 0.119. The molecule has 0 N–H and O–H groups in total. The molecule has 56 heavy (non-hydrogen) atoms. The zero-order valence-corrected chi connectivity index (χ0v) is 30.0. The van der Waals surface area contributed by atoms with E-state index in [2.05, 4.69) is 48.5 Å². The number of nitrogens with zero attached hydrogens (tertiary/aromatic N) is 3. The van der Waals surface area contributed by atoms with Gasteiger partial charge in [-0.3, -0.25) is 0 Å². The van der Waals surface area contributed by atoms with Gasteiger partial charge in [-0.05, 0) is 38.8 Å². The zero-order chi connectivity index (χ0) is 38.7. The molecule has 0 fully saturated rings. The highest BCUT2D eigenvalue weighted by Crippen LogP contribution is 2.31. The molecule has 0 spiro atoms. The van der Waals surface area contributed by atoms with Crippen molar-refractivity contribution in [3.63, 3.8) is 0 Å². The molecule has 7 aromatic carbocycles. The molecule has 14 radical (unpaired) electrons. The topological polar surface area (TPSA) is 51.8 Å². The second-order valence-electron chi connectivity index (χ2n) is 13.6. The molecule has 0 aliphatic rings. The summed E-state index contributed by atoms with van der Waals surface area (Å²) in [6, 6.07) is 44.4. The molecule has 0 saturated heterocycles. The summed E-state index contributed by atoms with van der Waals surface area (Å²) in [5.41, 5.74) is 9.91. The molecular weight excluding hydrogens is 674 g/mol. The summed E-state index contributed by atoms with van der Waals surface area (Å²) in [5, 5.41) is 0.831. The third-order valence-electron chi connectivity index (χ3n) is 10.2. The SMILES string of the molecule is [B]c1c([B])c([B])c2c(oc3c([B])c(-c4ccc(-c5nc(-c6ccc(-c7ccccc7)cc6)nc(-c6ccc(-c7ccccc7)cc6)n5)cc4)c([B])c([B])c32)c1[B]. The van der Waals surface area contributed by atoms with E-state index in [0.29, 0.717) is 39.4 Å². The maximum atomic E-state index is 6.77. The first-order valence-corrected chi connectivity index (χ1v) is 17.8. The second kappa shape index (κ2) is 14.1. The Hall–Kier alpha value is -6.20. The summed E-state index contributed by atoms with van der Waals surface area (Å²) in [6.07, 6.45) is 0. The van der Waals surface area contributed by atoms with Crippen molar-refractivity contribution < 1.29 is 4.42 Å². The largest absolute Gasteiger partial charge is 0.457 e. The van der Waals surface area contributed by atoms with Crippen molar-refractivity contribution in [1.29, 1.82) is 0 Å². The van der Waals surface area contributed by atoms with Crippen LogP contribution in [0, 0.1) is 0 Å². The summed E-state index contributed by atoms with van der Waals surface area (Å²) in [4.78, 5) is 14.9. The third-order valence-corrected chi connectivity index (χ3v) is 10.2. The van der Waals surface area contributed by atoms with Crippen molar-refractivity contribution in [3.8, 4) is 67.5 Å². The van der Waals surface area contributed by atoms with Crippen LogP contribution in [0.15, 0.2) is 138 Å². The van der Waals surface area contributed by atoms with Crippen LogP contribution in [0.25, 0.3) is 89.5 Å². The number of benzene rings is 7. The Balaban J connectivity index is 1.14. The van der Waals surface area contributed by atoms with E-state index in [4.69, 9.17) is 74.3 Å². The van der Waals surface area contributed by atoms with E-state index in [1.54, 1.807) is 0 Å². The van der Waals surface area contributed by atoms with Gasteiger partial charge >= 0.3 is 0 Å². The van der Waals surface area contributed by atoms with Crippen LogP contribution < -0.4 is 38.2 Å². The standard InChI is InChI=1S/C45H22B7N3O/c46-34-31(37(49)41-32(35(34)47)33-36(48)38(50)39(51)40(52)42(33)56-41)27-15-21-30(22-16-27)45-54-43(28-17-11-25(12-18-28)23-7-3-1-4-8-23)53-44(55-45)29-19-13-26(14-20-29)24-9-5-2-6-10-24/h1-22H. The van der Waals surface area contributed by atoms with Gasteiger partial charge in [-0.25, -0.2) is 15.0 Å². The number of furan rings is 1. The molecule has 0 atom stereocenters. The van der Waals surface area contributed by atoms with Crippen molar-refractivity contribution in [2.45, 2.75) is 0 Å². The van der Waals surface area contributed by atoms with Gasteiger partial charge in [0, 0.05) is 27.5 Å². The lowest BCUT2D eigenvalue weighted by molar-refractivity contribution is 0.675. The van der Waals surface area contributed by atoms with Crippen LogP contribution in [0.5, 0.6) is 0 Å². The first kappa shape index (κ1) is 35.5. The molecular formula is C45H22B7N3O. The van der Waals surface area contributed by atoms with E-state index in [1.807, 2.05) is 84.9 Å². The van der Waals surface area contributed by atoms with E-state index >= 15 is 0 Å². The minimum absolute atomic E-state index is 0.119. The Kier molecular flexibility index (Phi) is 8.97. The molecule has 0 aliphatic heterocycles. The molecule has 0 saturated carbocycles. The Labute approximate surface area is 334 Å². The Morgan fingerprint density at radius 3 is 1.04 bits per heavy atom. The molecule has 4 nitrogen and oxygen atoms in total. The van der Waals surface area contributed by atoms with Gasteiger partial charge in [0.15, 0.2) is 17.5 Å². The summed E-state index contributed by atoms with van der Waals surface area (Å²) in [7, 11) is 45.0. The summed E-state index contributed by atoms with van der Waals surface area (Å²) in [6.45, 7) is 0. The maximum absolute atomic E-state index is 6.77. The van der Waals surface area contributed by atoms with E-state index in [-0.39, 0.29) is 49.4 Å². The summed E-state index contributed by atoms with van der Waals surface area (Å²) in [5.74, 6) is 1.57. The maximum Gasteiger partial charge on any atom is 0.164 e. The molecule has 0 bridgehead atoms. The third kappa shape index (κ3) is 6.03. The molecule has 2 aromatic heterocycles. The Morgan fingerprint density at radius 1 is 0.286 bits per heavy atom.